The summed E-state index contributed by atoms with van der Waals surface area (Å²) in [5.74, 6) is -0.177. The van der Waals surface area contributed by atoms with Crippen molar-refractivity contribution in [3.8, 4) is 0 Å². The van der Waals surface area contributed by atoms with E-state index in [0.717, 1.165) is 44.9 Å². The van der Waals surface area contributed by atoms with Crippen molar-refractivity contribution in [3.63, 3.8) is 0 Å². The Hall–Kier alpha value is -1.85. The summed E-state index contributed by atoms with van der Waals surface area (Å²) >= 11 is 0. The number of ether oxygens (including phenoxy) is 2. The number of hydrogen-bond donors (Lipinski definition) is 6. The van der Waals surface area contributed by atoms with Crippen molar-refractivity contribution in [2.75, 3.05) is 13.2 Å². The molecule has 1 saturated heterocycles. The minimum Gasteiger partial charge on any atom is -0.394 e. The number of carbonyl (C=O) groups excluding carboxylic acids is 1. The van der Waals surface area contributed by atoms with Crippen molar-refractivity contribution in [3.05, 3.63) is 48.6 Å². The van der Waals surface area contributed by atoms with Crippen molar-refractivity contribution in [2.45, 2.75) is 480 Å². The van der Waals surface area contributed by atoms with Gasteiger partial charge < -0.3 is 40.3 Å². The number of nitrogens with one attached hydrogen (secondary N) is 1. The monoisotopic (exact) mass is 1340 g/mol. The molecule has 1 heterocycles. The van der Waals surface area contributed by atoms with E-state index in [0.29, 0.717) is 6.42 Å². The van der Waals surface area contributed by atoms with Gasteiger partial charge >= 0.3 is 0 Å². The molecule has 9 heteroatoms. The van der Waals surface area contributed by atoms with E-state index in [1.807, 2.05) is 6.08 Å². The Morgan fingerprint density at radius 1 is 0.358 bits per heavy atom. The zero-order valence-electron chi connectivity index (χ0n) is 63.2. The number of carbonyl (C=O) groups is 1. The Kier molecular flexibility index (Phi) is 71.8. The summed E-state index contributed by atoms with van der Waals surface area (Å²) in [6, 6.07) is -0.823. The highest BCUT2D eigenvalue weighted by atomic mass is 16.7. The number of rotatable bonds is 76. The first-order valence-corrected chi connectivity index (χ1v) is 42.4. The van der Waals surface area contributed by atoms with Crippen LogP contribution in [0.1, 0.15) is 438 Å². The molecule has 95 heavy (non-hydrogen) atoms. The lowest BCUT2D eigenvalue weighted by molar-refractivity contribution is -0.302. The van der Waals surface area contributed by atoms with Crippen LogP contribution in [0.3, 0.4) is 0 Å². The number of amides is 1. The molecule has 0 aromatic heterocycles. The van der Waals surface area contributed by atoms with E-state index in [4.69, 9.17) is 9.47 Å². The fraction of sp³-hybridized carbons (Fsp3) is 0.895. The first-order valence-electron chi connectivity index (χ1n) is 42.4. The van der Waals surface area contributed by atoms with E-state index in [1.165, 1.54) is 372 Å². The molecule has 6 N–H and O–H groups in total. The lowest BCUT2D eigenvalue weighted by Crippen LogP contribution is -2.60. The van der Waals surface area contributed by atoms with Gasteiger partial charge in [-0.1, -0.05) is 416 Å². The summed E-state index contributed by atoms with van der Waals surface area (Å²) in [6.45, 7) is 3.82. The summed E-state index contributed by atoms with van der Waals surface area (Å²) in [7, 11) is 0. The largest absolute Gasteiger partial charge is 0.394 e. The van der Waals surface area contributed by atoms with Crippen LogP contribution in [0.4, 0.5) is 0 Å². The first-order chi connectivity index (χ1) is 46.8. The Balaban J connectivity index is 2.04. The Morgan fingerprint density at radius 3 is 0.947 bits per heavy atom. The molecular formula is C86H163NO8. The average molecular weight is 1340 g/mol. The number of aliphatic hydroxyl groups is 5. The molecule has 7 unspecified atom stereocenters. The third-order valence-corrected chi connectivity index (χ3v) is 20.4. The quantitative estimate of drug-likeness (QED) is 0.0261. The van der Waals surface area contributed by atoms with Crippen LogP contribution in [0.5, 0.6) is 0 Å². The molecule has 0 aromatic carbocycles. The van der Waals surface area contributed by atoms with Gasteiger partial charge in [0.25, 0.3) is 0 Å². The Bertz CT molecular complexity index is 1650. The lowest BCUT2D eigenvalue weighted by Gasteiger charge is -2.40. The number of allylic oxidation sites excluding steroid dienone is 7. The molecular weight excluding hydrogens is 1170 g/mol. The van der Waals surface area contributed by atoms with E-state index in [2.05, 4.69) is 55.6 Å². The highest BCUT2D eigenvalue weighted by Crippen LogP contribution is 2.24. The highest BCUT2D eigenvalue weighted by Gasteiger charge is 2.44. The van der Waals surface area contributed by atoms with Crippen LogP contribution in [0.25, 0.3) is 0 Å². The second-order valence-corrected chi connectivity index (χ2v) is 29.6. The topological polar surface area (TPSA) is 149 Å². The van der Waals surface area contributed by atoms with Crippen LogP contribution in [0.15, 0.2) is 48.6 Å². The fourth-order valence-corrected chi connectivity index (χ4v) is 13.8. The molecule has 1 fully saturated rings. The van der Waals surface area contributed by atoms with Gasteiger partial charge in [0, 0.05) is 6.42 Å². The van der Waals surface area contributed by atoms with Crippen molar-refractivity contribution in [1.29, 1.82) is 0 Å². The van der Waals surface area contributed by atoms with Gasteiger partial charge in [-0.05, 0) is 64.2 Å². The molecule has 0 aliphatic carbocycles. The minimum absolute atomic E-state index is 0.177. The molecule has 0 aromatic rings. The van der Waals surface area contributed by atoms with Crippen LogP contribution in [-0.4, -0.2) is 87.5 Å². The normalized spacial score (nSPS) is 17.7. The van der Waals surface area contributed by atoms with E-state index in [1.54, 1.807) is 6.08 Å². The van der Waals surface area contributed by atoms with Gasteiger partial charge in [-0.2, -0.15) is 0 Å². The van der Waals surface area contributed by atoms with Gasteiger partial charge in [0.15, 0.2) is 6.29 Å². The van der Waals surface area contributed by atoms with Crippen LogP contribution in [-0.2, 0) is 14.3 Å². The van der Waals surface area contributed by atoms with Gasteiger partial charge in [-0.3, -0.25) is 4.79 Å². The summed E-state index contributed by atoms with van der Waals surface area (Å²) in [5, 5.41) is 54.9. The molecule has 1 amide bonds. The molecule has 560 valence electrons. The molecule has 0 saturated carbocycles. The molecule has 0 radical (unpaired) electrons. The second kappa shape index (κ2) is 74.8. The van der Waals surface area contributed by atoms with Crippen molar-refractivity contribution < 1.29 is 39.8 Å². The maximum atomic E-state index is 13.2. The van der Waals surface area contributed by atoms with E-state index >= 15 is 0 Å². The highest BCUT2D eigenvalue weighted by molar-refractivity contribution is 5.76. The maximum Gasteiger partial charge on any atom is 0.220 e. The molecule has 9 nitrogen and oxygen atoms in total. The second-order valence-electron chi connectivity index (χ2n) is 29.6. The molecule has 1 aliphatic heterocycles. The van der Waals surface area contributed by atoms with Gasteiger partial charge in [0.2, 0.25) is 5.91 Å². The van der Waals surface area contributed by atoms with Gasteiger partial charge in [-0.15, -0.1) is 0 Å². The number of aliphatic hydroxyl groups excluding tert-OH is 5. The molecule has 1 aliphatic rings. The van der Waals surface area contributed by atoms with Crippen molar-refractivity contribution in [1.82, 2.24) is 5.32 Å². The van der Waals surface area contributed by atoms with Crippen LogP contribution in [0.2, 0.25) is 0 Å². The van der Waals surface area contributed by atoms with Crippen LogP contribution >= 0.6 is 0 Å². The summed E-state index contributed by atoms with van der Waals surface area (Å²) in [5.41, 5.74) is 0. The lowest BCUT2D eigenvalue weighted by atomic mass is 9.99. The zero-order valence-corrected chi connectivity index (χ0v) is 63.2. The molecule has 0 spiro atoms. The molecule has 0 bridgehead atoms. The summed E-state index contributed by atoms with van der Waals surface area (Å²) in [4.78, 5) is 13.2. The molecule has 1 rings (SSSR count). The predicted molar refractivity (Wildman–Crippen MR) is 410 cm³/mol. The third-order valence-electron chi connectivity index (χ3n) is 20.4. The zero-order chi connectivity index (χ0) is 68.5. The van der Waals surface area contributed by atoms with Crippen LogP contribution < -0.4 is 5.32 Å². The van der Waals surface area contributed by atoms with Gasteiger partial charge in [0.05, 0.1) is 25.4 Å². The van der Waals surface area contributed by atoms with E-state index < -0.39 is 49.5 Å². The first kappa shape index (κ1) is 91.2. The average Bonchev–Trinajstić information content (AvgIpc) is 0.836. The third kappa shape index (κ3) is 62.9. The number of unbranched alkanes of at least 4 members (excludes halogenated alkanes) is 60. The smallest absolute Gasteiger partial charge is 0.220 e. The SMILES string of the molecule is CCCCCCC/C=C\C/C=C\CCCCCCCCCCCCCCCCCCCCCCCCCCCCCCCC(=O)NC(COC1OC(CO)C(O)C(O)C1O)C(O)/C=C/CC/C=C/CCCCCCCCCCCCCCCCCCCCCCCCCCC. The van der Waals surface area contributed by atoms with E-state index in [-0.39, 0.29) is 12.5 Å². The Labute approximate surface area is 590 Å². The van der Waals surface area contributed by atoms with Gasteiger partial charge in [-0.25, -0.2) is 0 Å². The summed E-state index contributed by atoms with van der Waals surface area (Å²) in [6.07, 6.45) is 97.2. The summed E-state index contributed by atoms with van der Waals surface area (Å²) < 4.78 is 11.3. The van der Waals surface area contributed by atoms with Gasteiger partial charge in [0.1, 0.15) is 24.4 Å². The standard InChI is InChI=1S/C86H163NO8/c1-3-5-7-9-11-13-15-17-19-21-23-25-27-29-31-33-35-36-37-38-39-40-41-42-43-44-46-48-50-52-54-56-58-60-62-64-66-68-70-72-74-76-82(90)87-79(78-94-86-85(93)84(92)83(91)81(77-88)95-86)80(89)75-73-71-69-67-65-63-61-59-57-55-53-51-49-47-45-34-32-30-28-26-24-22-20-18-16-14-12-10-8-6-4-2/h15,17,21,23,65,67,73,75,79-81,83-86,88-89,91-93H,3-14,16,18-20,22,24-64,66,68-72,74,76-78H2,1-2H3,(H,87,90)/b17-15-,23-21-,67-65+,75-73+. The van der Waals surface area contributed by atoms with Crippen molar-refractivity contribution >= 4 is 5.91 Å². The van der Waals surface area contributed by atoms with Crippen molar-refractivity contribution in [2.24, 2.45) is 0 Å². The van der Waals surface area contributed by atoms with Crippen LogP contribution in [0, 0.1) is 0 Å². The number of hydrogen-bond acceptors (Lipinski definition) is 8. The maximum absolute atomic E-state index is 13.2. The van der Waals surface area contributed by atoms with E-state index in [9.17, 15) is 30.3 Å². The molecule has 7 atom stereocenters. The fourth-order valence-electron chi connectivity index (χ4n) is 13.8. The predicted octanol–water partition coefficient (Wildman–Crippen LogP) is 24.7. The Morgan fingerprint density at radius 2 is 0.632 bits per heavy atom. The minimum atomic E-state index is -1.57.